The normalized spacial score (nSPS) is 28.9. The molecule has 6 heterocycles. The molecule has 48 heavy (non-hydrogen) atoms. The van der Waals surface area contributed by atoms with E-state index >= 15 is 8.78 Å². The lowest BCUT2D eigenvalue weighted by Crippen LogP contribution is -2.31. The SMILES string of the molecule is O=[PH](S)OC1C(CO)OC(n2cnc3c(NC/C=C/CNc4ncnc5c4ncn5[C@@H]4O[C@H](CO)[C@@H](O[PH](=O)S)[C@H]4F)ncnc32)[C@@H]1F. The molecule has 4 aromatic heterocycles. The van der Waals surface area contributed by atoms with Gasteiger partial charge in [0.25, 0.3) is 0 Å². The number of thiol groups is 2. The number of aromatic nitrogens is 8. The maximum atomic E-state index is 15.2. The van der Waals surface area contributed by atoms with Crippen molar-refractivity contribution in [3.05, 3.63) is 37.5 Å². The molecule has 2 aliphatic heterocycles. The third kappa shape index (κ3) is 7.09. The highest BCUT2D eigenvalue weighted by molar-refractivity contribution is 8.39. The summed E-state index contributed by atoms with van der Waals surface area (Å²) in [5.41, 5.74) is 1.22. The Balaban J connectivity index is 1.07. The maximum absolute atomic E-state index is 15.2. The molecule has 0 radical (unpaired) electrons. The molecule has 2 fully saturated rings. The highest BCUT2D eigenvalue weighted by atomic mass is 32.7. The fourth-order valence-corrected chi connectivity index (χ4v) is 7.22. The topological polar surface area (TPSA) is 223 Å². The molecule has 5 unspecified atom stereocenters. The van der Waals surface area contributed by atoms with Crippen molar-refractivity contribution in [3.8, 4) is 0 Å². The van der Waals surface area contributed by atoms with Gasteiger partial charge in [-0.05, 0) is 0 Å². The molecule has 0 aromatic carbocycles. The van der Waals surface area contributed by atoms with Gasteiger partial charge in [0.1, 0.15) is 37.1 Å². The molecule has 0 bridgehead atoms. The lowest BCUT2D eigenvalue weighted by Gasteiger charge is -2.16. The number of hydrogen-bond donors (Lipinski definition) is 6. The summed E-state index contributed by atoms with van der Waals surface area (Å²) in [6, 6.07) is 0. The Morgan fingerprint density at radius 2 is 1.19 bits per heavy atom. The molecular formula is C24H30F2N10O8P2S2. The van der Waals surface area contributed by atoms with Crippen LogP contribution < -0.4 is 10.6 Å². The monoisotopic (exact) mass is 750 g/mol. The number of hydrogen-bond acceptors (Lipinski definition) is 16. The van der Waals surface area contributed by atoms with E-state index in [9.17, 15) is 19.3 Å². The summed E-state index contributed by atoms with van der Waals surface area (Å²) in [6.07, 6.45) is -1.86. The second-order valence-corrected chi connectivity index (χ2v) is 14.1. The van der Waals surface area contributed by atoms with Crippen LogP contribution in [-0.2, 0) is 27.7 Å². The summed E-state index contributed by atoms with van der Waals surface area (Å²) in [5, 5.41) is 25.4. The van der Waals surface area contributed by atoms with E-state index in [0.717, 1.165) is 0 Å². The summed E-state index contributed by atoms with van der Waals surface area (Å²) >= 11 is 7.42. The minimum atomic E-state index is -2.79. The van der Waals surface area contributed by atoms with Crippen LogP contribution in [0.1, 0.15) is 12.5 Å². The summed E-state index contributed by atoms with van der Waals surface area (Å²) in [6.45, 7) is -0.455. The van der Waals surface area contributed by atoms with Crippen LogP contribution in [-0.4, -0.2) is 112 Å². The predicted octanol–water partition coefficient (Wildman–Crippen LogP) is 1.91. The van der Waals surface area contributed by atoms with Gasteiger partial charge in [-0.3, -0.25) is 18.3 Å². The maximum Gasteiger partial charge on any atom is 0.243 e. The van der Waals surface area contributed by atoms with Gasteiger partial charge in [-0.15, -0.1) is 0 Å². The lowest BCUT2D eigenvalue weighted by molar-refractivity contribution is -0.0427. The summed E-state index contributed by atoms with van der Waals surface area (Å²) in [4.78, 5) is 25.5. The number of imidazole rings is 2. The first-order chi connectivity index (χ1) is 23.2. The molecule has 0 saturated carbocycles. The first-order valence-electron chi connectivity index (χ1n) is 14.3. The zero-order valence-electron chi connectivity index (χ0n) is 24.5. The first kappa shape index (κ1) is 35.1. The Morgan fingerprint density at radius 1 is 0.771 bits per heavy atom. The van der Waals surface area contributed by atoms with Crippen molar-refractivity contribution in [3.63, 3.8) is 0 Å². The molecule has 0 amide bonds. The van der Waals surface area contributed by atoms with Gasteiger partial charge in [-0.1, -0.05) is 36.6 Å². The highest BCUT2D eigenvalue weighted by Gasteiger charge is 2.49. The van der Waals surface area contributed by atoms with Crippen molar-refractivity contribution >= 4 is 72.9 Å². The number of fused-ring (bicyclic) bond motifs is 2. The molecule has 2 saturated heterocycles. The predicted molar refractivity (Wildman–Crippen MR) is 174 cm³/mol. The Labute approximate surface area is 281 Å². The van der Waals surface area contributed by atoms with Crippen LogP contribution >= 0.6 is 39.0 Å². The standard InChI is InChI=1S/C24H30F2N10O8P2S2/c25-13-17(43-45(39)47)11(5-37)41-23(13)35-9-33-15-19(29-7-31-21(15)35)27-3-1-2-4-28-20-16-22(32-8-30-20)36(10-34-16)24-14(26)18(44-46(40)48)12(6-38)42-24/h1-2,7-14,17-18,23-24,37-38,45-46H,3-6H2,(H,39,47)(H,40,48)(H,27,29,31)(H,28,30,32)/b2-1+/t11-,12?,13-,14-,17-,18?,23-,24?/m1/s1. The van der Waals surface area contributed by atoms with Crippen LogP contribution in [0.3, 0.4) is 0 Å². The molecule has 18 nitrogen and oxygen atoms in total. The van der Waals surface area contributed by atoms with E-state index in [1.807, 2.05) is 12.2 Å². The van der Waals surface area contributed by atoms with E-state index in [1.54, 1.807) is 0 Å². The number of aliphatic hydroxyl groups is 2. The minimum absolute atomic E-state index is 0.267. The smallest absolute Gasteiger partial charge is 0.243 e. The van der Waals surface area contributed by atoms with Crippen LogP contribution in [0.4, 0.5) is 20.4 Å². The Morgan fingerprint density at radius 3 is 1.56 bits per heavy atom. The van der Waals surface area contributed by atoms with Crippen LogP contribution in [0.5, 0.6) is 0 Å². The van der Waals surface area contributed by atoms with E-state index in [1.165, 1.54) is 34.4 Å². The van der Waals surface area contributed by atoms with Crippen LogP contribution in [0.25, 0.3) is 22.3 Å². The van der Waals surface area contributed by atoms with Crippen molar-refractivity contribution in [1.29, 1.82) is 0 Å². The summed E-state index contributed by atoms with van der Waals surface area (Å²) in [5.74, 6) is 0.746. The van der Waals surface area contributed by atoms with Crippen LogP contribution in [0, 0.1) is 0 Å². The third-order valence-corrected chi connectivity index (χ3v) is 9.15. The largest absolute Gasteiger partial charge is 0.394 e. The number of rotatable bonds is 14. The molecule has 6 rings (SSSR count). The lowest BCUT2D eigenvalue weighted by atomic mass is 10.1. The van der Waals surface area contributed by atoms with Gasteiger partial charge in [0.05, 0.1) is 25.9 Å². The summed E-state index contributed by atoms with van der Waals surface area (Å²) < 4.78 is 77.6. The van der Waals surface area contributed by atoms with Crippen molar-refractivity contribution < 1.29 is 46.6 Å². The number of nitrogens with zero attached hydrogens (tertiary/aromatic N) is 8. The van der Waals surface area contributed by atoms with Gasteiger partial charge in [-0.25, -0.2) is 38.7 Å². The van der Waals surface area contributed by atoms with E-state index in [-0.39, 0.29) is 11.3 Å². The molecule has 24 heteroatoms. The van der Waals surface area contributed by atoms with E-state index in [2.05, 4.69) is 65.0 Å². The molecule has 4 N–H and O–H groups in total. The third-order valence-electron chi connectivity index (χ3n) is 7.57. The van der Waals surface area contributed by atoms with E-state index < -0.39 is 76.9 Å². The van der Waals surface area contributed by atoms with E-state index in [0.29, 0.717) is 35.8 Å². The highest BCUT2D eigenvalue weighted by Crippen LogP contribution is 2.42. The number of halogens is 2. The van der Waals surface area contributed by atoms with Gasteiger partial charge < -0.3 is 39.4 Å². The van der Waals surface area contributed by atoms with Gasteiger partial charge in [0.2, 0.25) is 14.5 Å². The molecule has 4 aromatic rings. The minimum Gasteiger partial charge on any atom is -0.394 e. The second-order valence-electron chi connectivity index (χ2n) is 10.4. The molecule has 0 spiro atoms. The number of nitrogens with one attached hydrogen (secondary N) is 2. The molecule has 10 atom stereocenters. The number of ether oxygens (including phenoxy) is 2. The Kier molecular flexibility index (Phi) is 11.3. The summed E-state index contributed by atoms with van der Waals surface area (Å²) in [7, 11) is -5.58. The molecule has 260 valence electrons. The first-order valence-corrected chi connectivity index (χ1v) is 19.5. The van der Waals surface area contributed by atoms with Crippen molar-refractivity contribution in [2.24, 2.45) is 0 Å². The van der Waals surface area contributed by atoms with Gasteiger partial charge >= 0.3 is 0 Å². The molecular weight excluding hydrogens is 720 g/mol. The van der Waals surface area contributed by atoms with Crippen molar-refractivity contribution in [2.45, 2.75) is 49.2 Å². The number of anilines is 2. The van der Waals surface area contributed by atoms with Crippen LogP contribution in [0.2, 0.25) is 0 Å². The quantitative estimate of drug-likeness (QED) is 0.0615. The molecule has 2 aliphatic rings. The Hall–Kier alpha value is -2.78. The fraction of sp³-hybridized carbons (Fsp3) is 0.500. The zero-order chi connectivity index (χ0) is 33.9. The second kappa shape index (κ2) is 15.4. The van der Waals surface area contributed by atoms with Crippen LogP contribution in [0.15, 0.2) is 37.5 Å². The molecule has 0 aliphatic carbocycles. The van der Waals surface area contributed by atoms with Gasteiger partial charge in [-0.2, -0.15) is 0 Å². The average Bonchev–Trinajstić information content (AvgIpc) is 3.83. The number of aliphatic hydroxyl groups excluding tert-OH is 2. The van der Waals surface area contributed by atoms with Crippen molar-refractivity contribution in [1.82, 2.24) is 39.0 Å². The van der Waals surface area contributed by atoms with Gasteiger partial charge in [0, 0.05) is 13.1 Å². The Bertz CT molecular complexity index is 1700. The van der Waals surface area contributed by atoms with E-state index in [4.69, 9.17) is 18.5 Å². The average molecular weight is 751 g/mol. The fourth-order valence-electron chi connectivity index (χ4n) is 5.46. The zero-order valence-corrected chi connectivity index (χ0v) is 28.3. The number of alkyl halides is 2. The van der Waals surface area contributed by atoms with Crippen molar-refractivity contribution in [2.75, 3.05) is 36.9 Å². The van der Waals surface area contributed by atoms with Gasteiger partial charge in [0.15, 0.2) is 58.8 Å².